The molecule has 1 saturated carbocycles. The van der Waals surface area contributed by atoms with Crippen molar-refractivity contribution in [1.29, 1.82) is 0 Å². The van der Waals surface area contributed by atoms with E-state index in [-0.39, 0.29) is 11.6 Å². The van der Waals surface area contributed by atoms with Crippen molar-refractivity contribution in [2.75, 3.05) is 13.7 Å². The molecule has 1 heterocycles. The molecule has 0 aliphatic heterocycles. The number of amides is 1. The quantitative estimate of drug-likeness (QED) is 0.464. The fraction of sp³-hybridized carbons (Fsp3) is 0.346. The number of carboxylic acids is 1. The lowest BCUT2D eigenvalue weighted by atomic mass is 9.94. The summed E-state index contributed by atoms with van der Waals surface area (Å²) in [5, 5.41) is 10.0. The molecular weight excluding hydrogens is 436 g/mol. The van der Waals surface area contributed by atoms with Gasteiger partial charge in [-0.15, -0.1) is 11.3 Å². The largest absolute Gasteiger partial charge is 0.497 e. The second-order valence-electron chi connectivity index (χ2n) is 8.44. The Hall–Kier alpha value is -3.19. The highest BCUT2D eigenvalue weighted by molar-refractivity contribution is 7.11. The zero-order chi connectivity index (χ0) is 23.4. The second kappa shape index (κ2) is 9.75. The highest BCUT2D eigenvalue weighted by Crippen LogP contribution is 2.50. The zero-order valence-corrected chi connectivity index (χ0v) is 19.7. The SMILES string of the molecule is COc1ccc(C2(C(=O)N(CCCc3ccccc3)Cc3nc(C(=O)O)c(C)s3)CC2)cc1. The number of aromatic carboxylic acids is 1. The van der Waals surface area contributed by atoms with E-state index in [0.717, 1.165) is 37.0 Å². The molecule has 1 fully saturated rings. The van der Waals surface area contributed by atoms with Crippen molar-refractivity contribution < 1.29 is 19.4 Å². The van der Waals surface area contributed by atoms with Crippen molar-refractivity contribution in [2.24, 2.45) is 0 Å². The molecule has 0 saturated heterocycles. The number of carbonyl (C=O) groups is 2. The fourth-order valence-corrected chi connectivity index (χ4v) is 5.16. The number of thiazole rings is 1. The molecule has 1 amide bonds. The van der Waals surface area contributed by atoms with Crippen molar-refractivity contribution in [3.05, 3.63) is 81.3 Å². The summed E-state index contributed by atoms with van der Waals surface area (Å²) < 4.78 is 5.27. The van der Waals surface area contributed by atoms with E-state index in [1.165, 1.54) is 16.9 Å². The molecule has 0 radical (unpaired) electrons. The van der Waals surface area contributed by atoms with Gasteiger partial charge in [0.15, 0.2) is 5.69 Å². The first kappa shape index (κ1) is 23.0. The summed E-state index contributed by atoms with van der Waals surface area (Å²) in [7, 11) is 1.63. The normalized spacial score (nSPS) is 14.0. The number of aryl methyl sites for hydroxylation is 2. The van der Waals surface area contributed by atoms with E-state index < -0.39 is 11.4 Å². The number of carbonyl (C=O) groups excluding carboxylic acids is 1. The van der Waals surface area contributed by atoms with Gasteiger partial charge in [-0.2, -0.15) is 0 Å². The summed E-state index contributed by atoms with van der Waals surface area (Å²) in [6.07, 6.45) is 3.32. The summed E-state index contributed by atoms with van der Waals surface area (Å²) in [6.45, 7) is 2.67. The Balaban J connectivity index is 1.54. The van der Waals surface area contributed by atoms with Gasteiger partial charge in [-0.25, -0.2) is 9.78 Å². The average molecular weight is 465 g/mol. The van der Waals surface area contributed by atoms with E-state index in [1.807, 2.05) is 47.4 Å². The molecule has 1 aliphatic carbocycles. The Morgan fingerprint density at radius 2 is 1.82 bits per heavy atom. The summed E-state index contributed by atoms with van der Waals surface area (Å²) >= 11 is 1.35. The summed E-state index contributed by atoms with van der Waals surface area (Å²) in [4.78, 5) is 32.1. The molecule has 0 atom stereocenters. The van der Waals surface area contributed by atoms with Crippen LogP contribution < -0.4 is 4.74 Å². The van der Waals surface area contributed by atoms with Gasteiger partial charge in [0.25, 0.3) is 0 Å². The van der Waals surface area contributed by atoms with E-state index in [0.29, 0.717) is 23.0 Å². The molecule has 1 aliphatic rings. The highest BCUT2D eigenvalue weighted by Gasteiger charge is 2.53. The van der Waals surface area contributed by atoms with Crippen LogP contribution in [0.4, 0.5) is 0 Å². The number of carboxylic acid groups (broad SMARTS) is 1. The Labute approximate surface area is 197 Å². The van der Waals surface area contributed by atoms with Crippen molar-refractivity contribution in [2.45, 2.75) is 44.6 Å². The van der Waals surface area contributed by atoms with Crippen LogP contribution in [0.15, 0.2) is 54.6 Å². The standard InChI is InChI=1S/C26H28N2O4S/c1-18-23(24(29)30)27-22(33-18)17-28(16-6-9-19-7-4-3-5-8-19)25(31)26(14-15-26)20-10-12-21(32-2)13-11-20/h3-5,7-8,10-13H,6,9,14-17H2,1-2H3,(H,29,30). The third-order valence-corrected chi connectivity index (χ3v) is 7.15. The Kier molecular flexibility index (Phi) is 6.79. The number of hydrogen-bond donors (Lipinski definition) is 1. The van der Waals surface area contributed by atoms with Crippen LogP contribution in [-0.2, 0) is 23.2 Å². The van der Waals surface area contributed by atoms with Crippen LogP contribution in [0.25, 0.3) is 0 Å². The molecule has 33 heavy (non-hydrogen) atoms. The van der Waals surface area contributed by atoms with Gasteiger partial charge in [-0.05, 0) is 55.9 Å². The number of nitrogens with zero attached hydrogens (tertiary/aromatic N) is 2. The topological polar surface area (TPSA) is 79.7 Å². The third-order valence-electron chi connectivity index (χ3n) is 6.20. The monoisotopic (exact) mass is 464 g/mol. The minimum Gasteiger partial charge on any atom is -0.497 e. The van der Waals surface area contributed by atoms with Crippen molar-refractivity contribution in [3.8, 4) is 5.75 Å². The number of methoxy groups -OCH3 is 1. The number of hydrogen-bond acceptors (Lipinski definition) is 5. The molecule has 1 N–H and O–H groups in total. The van der Waals surface area contributed by atoms with Crippen LogP contribution in [0.5, 0.6) is 5.75 Å². The van der Waals surface area contributed by atoms with Crippen molar-refractivity contribution in [3.63, 3.8) is 0 Å². The molecule has 6 nitrogen and oxygen atoms in total. The van der Waals surface area contributed by atoms with Gasteiger partial charge in [0.05, 0.1) is 19.1 Å². The van der Waals surface area contributed by atoms with Crippen LogP contribution in [-0.4, -0.2) is 40.5 Å². The van der Waals surface area contributed by atoms with Crippen LogP contribution in [0.2, 0.25) is 0 Å². The molecule has 0 spiro atoms. The number of rotatable bonds is 10. The molecular formula is C26H28N2O4S. The maximum absolute atomic E-state index is 13.8. The molecule has 2 aromatic carbocycles. The van der Waals surface area contributed by atoms with E-state index in [1.54, 1.807) is 14.0 Å². The molecule has 7 heteroatoms. The first-order valence-electron chi connectivity index (χ1n) is 11.1. The molecule has 4 rings (SSSR count). The van der Waals surface area contributed by atoms with Gasteiger partial charge in [0.2, 0.25) is 5.91 Å². The average Bonchev–Trinajstić information content (AvgIpc) is 3.55. The molecule has 1 aromatic heterocycles. The molecule has 172 valence electrons. The lowest BCUT2D eigenvalue weighted by molar-refractivity contribution is -0.134. The van der Waals surface area contributed by atoms with Crippen LogP contribution in [0.3, 0.4) is 0 Å². The summed E-state index contributed by atoms with van der Waals surface area (Å²) in [5.41, 5.74) is 1.80. The fourth-order valence-electron chi connectivity index (χ4n) is 4.22. The van der Waals surface area contributed by atoms with Crippen molar-refractivity contribution >= 4 is 23.2 Å². The van der Waals surface area contributed by atoms with Crippen LogP contribution in [0, 0.1) is 6.92 Å². The third kappa shape index (κ3) is 5.09. The van der Waals surface area contributed by atoms with Gasteiger partial charge < -0.3 is 14.7 Å². The Bertz CT molecular complexity index is 1120. The van der Waals surface area contributed by atoms with E-state index in [9.17, 15) is 14.7 Å². The first-order chi connectivity index (χ1) is 15.9. The maximum atomic E-state index is 13.8. The Morgan fingerprint density at radius 1 is 1.12 bits per heavy atom. The van der Waals surface area contributed by atoms with Crippen LogP contribution >= 0.6 is 11.3 Å². The minimum absolute atomic E-state index is 0.0722. The van der Waals surface area contributed by atoms with E-state index in [2.05, 4.69) is 17.1 Å². The molecule has 3 aromatic rings. The zero-order valence-electron chi connectivity index (χ0n) is 18.9. The van der Waals surface area contributed by atoms with Crippen molar-refractivity contribution in [1.82, 2.24) is 9.88 Å². The molecule has 0 bridgehead atoms. The number of aromatic nitrogens is 1. The minimum atomic E-state index is -1.03. The number of ether oxygens (including phenoxy) is 1. The predicted molar refractivity (Wildman–Crippen MR) is 128 cm³/mol. The maximum Gasteiger partial charge on any atom is 0.355 e. The van der Waals surface area contributed by atoms with E-state index >= 15 is 0 Å². The van der Waals surface area contributed by atoms with Gasteiger partial charge in [-0.1, -0.05) is 42.5 Å². The predicted octanol–water partition coefficient (Wildman–Crippen LogP) is 4.85. The summed E-state index contributed by atoms with van der Waals surface area (Å²) in [5.74, 6) is -0.180. The molecule has 0 unspecified atom stereocenters. The highest BCUT2D eigenvalue weighted by atomic mass is 32.1. The van der Waals surface area contributed by atoms with Gasteiger partial charge in [-0.3, -0.25) is 4.79 Å². The summed E-state index contributed by atoms with van der Waals surface area (Å²) in [6, 6.07) is 18.0. The van der Waals surface area contributed by atoms with Gasteiger partial charge >= 0.3 is 5.97 Å². The van der Waals surface area contributed by atoms with E-state index in [4.69, 9.17) is 4.74 Å². The van der Waals surface area contributed by atoms with Crippen LogP contribution in [0.1, 0.15) is 50.8 Å². The Morgan fingerprint density at radius 3 is 2.39 bits per heavy atom. The smallest absolute Gasteiger partial charge is 0.355 e. The second-order valence-corrected chi connectivity index (χ2v) is 9.73. The lowest BCUT2D eigenvalue weighted by Gasteiger charge is -2.27. The lowest BCUT2D eigenvalue weighted by Crippen LogP contribution is -2.39. The number of benzene rings is 2. The first-order valence-corrected chi connectivity index (χ1v) is 11.9. The van der Waals surface area contributed by atoms with Gasteiger partial charge in [0.1, 0.15) is 10.8 Å². The van der Waals surface area contributed by atoms with Gasteiger partial charge in [0, 0.05) is 11.4 Å².